The Morgan fingerprint density at radius 1 is 1.11 bits per heavy atom. The summed E-state index contributed by atoms with van der Waals surface area (Å²) in [4.78, 5) is 13.6. The van der Waals surface area contributed by atoms with Crippen molar-refractivity contribution in [1.82, 2.24) is 9.78 Å². The Labute approximate surface area is 209 Å². The van der Waals surface area contributed by atoms with Gasteiger partial charge in [0.2, 0.25) is 0 Å². The Kier molecular flexibility index (Phi) is 8.03. The fourth-order valence-corrected chi connectivity index (χ4v) is 3.94. The predicted octanol–water partition coefficient (Wildman–Crippen LogP) is 4.93. The molecule has 0 unspecified atom stereocenters. The van der Waals surface area contributed by atoms with Gasteiger partial charge in [-0.3, -0.25) is 4.79 Å². The van der Waals surface area contributed by atoms with Gasteiger partial charge in [0.25, 0.3) is 0 Å². The third-order valence-corrected chi connectivity index (χ3v) is 6.41. The van der Waals surface area contributed by atoms with E-state index in [4.69, 9.17) is 21.1 Å². The van der Waals surface area contributed by atoms with Crippen molar-refractivity contribution in [3.05, 3.63) is 69.9 Å². The minimum atomic E-state index is -3.38. The lowest BCUT2D eigenvalue weighted by Gasteiger charge is -2.23. The quantitative estimate of drug-likeness (QED) is 0.417. The van der Waals surface area contributed by atoms with Gasteiger partial charge in [0.1, 0.15) is 5.82 Å². The van der Waals surface area contributed by atoms with Gasteiger partial charge in [-0.2, -0.15) is 9.78 Å². The molecule has 1 atom stereocenters. The number of hydrogen-bond donors (Lipinski definition) is 0. The van der Waals surface area contributed by atoms with E-state index in [1.54, 1.807) is 12.1 Å². The van der Waals surface area contributed by atoms with Crippen LogP contribution in [0.15, 0.2) is 58.4 Å². The first-order valence-electron chi connectivity index (χ1n) is 10.9. The summed E-state index contributed by atoms with van der Waals surface area (Å²) in [7, 11) is -3.38. The minimum absolute atomic E-state index is 0.0233. The largest absolute Gasteiger partial charge is 0.487 e. The fraction of sp³-hybridized carbons (Fsp3) is 0.360. The standard InChI is InChI=1S/C25H28ClFN2O5S/c1-16(15-34-25(2,3)4)14-33-23-20(17-6-9-19(10-7-17)35(5,31)32)13-28-29(24(23)30)18-8-11-22(27)21(26)12-18/h6-13,16H,14-15H2,1-5H3/t16-/m1/s1. The average molecular weight is 523 g/mol. The van der Waals surface area contributed by atoms with Crippen LogP contribution in [0.5, 0.6) is 5.75 Å². The molecule has 0 N–H and O–H groups in total. The number of benzene rings is 2. The molecule has 1 heterocycles. The Bertz CT molecular complexity index is 1370. The summed E-state index contributed by atoms with van der Waals surface area (Å²) in [6.07, 6.45) is 2.56. The van der Waals surface area contributed by atoms with Crippen molar-refractivity contribution in [3.8, 4) is 22.6 Å². The zero-order valence-corrected chi connectivity index (χ0v) is 21.8. The molecule has 0 aliphatic heterocycles. The molecule has 2 aromatic carbocycles. The Morgan fingerprint density at radius 2 is 1.77 bits per heavy atom. The highest BCUT2D eigenvalue weighted by Gasteiger charge is 2.19. The second-order valence-corrected chi connectivity index (χ2v) is 11.8. The van der Waals surface area contributed by atoms with E-state index in [9.17, 15) is 17.6 Å². The molecule has 0 radical (unpaired) electrons. The highest BCUT2D eigenvalue weighted by atomic mass is 35.5. The zero-order valence-electron chi connectivity index (χ0n) is 20.2. The van der Waals surface area contributed by atoms with Crippen molar-refractivity contribution in [2.75, 3.05) is 19.5 Å². The summed E-state index contributed by atoms with van der Waals surface area (Å²) >= 11 is 5.90. The van der Waals surface area contributed by atoms with Gasteiger partial charge in [0.15, 0.2) is 15.6 Å². The summed E-state index contributed by atoms with van der Waals surface area (Å²) in [5.41, 5.74) is 0.338. The summed E-state index contributed by atoms with van der Waals surface area (Å²) in [5.74, 6) is -0.624. The van der Waals surface area contributed by atoms with Crippen molar-refractivity contribution in [1.29, 1.82) is 0 Å². The molecule has 10 heteroatoms. The van der Waals surface area contributed by atoms with Crippen LogP contribution in [-0.2, 0) is 14.6 Å². The molecule has 3 aromatic rings. The number of nitrogens with zero attached hydrogens (tertiary/aromatic N) is 2. The van der Waals surface area contributed by atoms with Crippen LogP contribution in [0.1, 0.15) is 27.7 Å². The number of sulfone groups is 1. The second-order valence-electron chi connectivity index (χ2n) is 9.34. The van der Waals surface area contributed by atoms with Crippen LogP contribution in [0.25, 0.3) is 16.8 Å². The summed E-state index contributed by atoms with van der Waals surface area (Å²) in [5, 5.41) is 4.08. The lowest BCUT2D eigenvalue weighted by molar-refractivity contribution is -0.0258. The number of ether oxygens (including phenoxy) is 2. The summed E-state index contributed by atoms with van der Waals surface area (Å²) in [6.45, 7) is 8.41. The zero-order chi connectivity index (χ0) is 26.0. The van der Waals surface area contributed by atoms with Gasteiger partial charge in [0, 0.05) is 17.7 Å². The molecule has 0 saturated heterocycles. The fourth-order valence-electron chi connectivity index (χ4n) is 3.13. The molecule has 0 saturated carbocycles. The smallest absolute Gasteiger partial charge is 0.314 e. The van der Waals surface area contributed by atoms with Gasteiger partial charge in [-0.25, -0.2) is 12.8 Å². The van der Waals surface area contributed by atoms with Crippen molar-refractivity contribution in [3.63, 3.8) is 0 Å². The summed E-state index contributed by atoms with van der Waals surface area (Å²) < 4.78 is 50.2. The van der Waals surface area contributed by atoms with Crippen LogP contribution >= 0.6 is 11.6 Å². The average Bonchev–Trinajstić information content (AvgIpc) is 2.77. The number of halogens is 2. The number of hydrogen-bond acceptors (Lipinski definition) is 6. The Balaban J connectivity index is 2.03. The minimum Gasteiger partial charge on any atom is -0.487 e. The molecule has 1 aromatic heterocycles. The van der Waals surface area contributed by atoms with E-state index >= 15 is 0 Å². The number of aromatic nitrogens is 2. The van der Waals surface area contributed by atoms with Gasteiger partial charge in [-0.05, 0) is 56.7 Å². The van der Waals surface area contributed by atoms with Crippen LogP contribution in [0, 0.1) is 11.7 Å². The van der Waals surface area contributed by atoms with Gasteiger partial charge in [-0.1, -0.05) is 30.7 Å². The molecule has 3 rings (SSSR count). The van der Waals surface area contributed by atoms with E-state index in [1.807, 2.05) is 27.7 Å². The van der Waals surface area contributed by atoms with Gasteiger partial charge in [-0.15, -0.1) is 0 Å². The van der Waals surface area contributed by atoms with E-state index < -0.39 is 21.2 Å². The normalized spacial score (nSPS) is 13.0. The van der Waals surface area contributed by atoms with E-state index in [2.05, 4.69) is 5.10 Å². The van der Waals surface area contributed by atoms with Crippen LogP contribution in [0.2, 0.25) is 5.02 Å². The van der Waals surface area contributed by atoms with E-state index in [0.717, 1.165) is 17.0 Å². The molecular formula is C25H28ClFN2O5S. The van der Waals surface area contributed by atoms with Gasteiger partial charge in [0.05, 0.1) is 40.6 Å². The molecule has 0 bridgehead atoms. The summed E-state index contributed by atoms with van der Waals surface area (Å²) in [6, 6.07) is 9.93. The molecule has 0 aliphatic carbocycles. The third-order valence-electron chi connectivity index (χ3n) is 4.99. The first-order chi connectivity index (χ1) is 16.3. The Morgan fingerprint density at radius 3 is 2.34 bits per heavy atom. The van der Waals surface area contributed by atoms with Crippen LogP contribution < -0.4 is 10.3 Å². The maximum atomic E-state index is 13.6. The molecule has 0 fully saturated rings. The molecule has 7 nitrogen and oxygen atoms in total. The van der Waals surface area contributed by atoms with Crippen molar-refractivity contribution in [2.24, 2.45) is 5.92 Å². The van der Waals surface area contributed by atoms with Crippen LogP contribution in [0.3, 0.4) is 0 Å². The SMILES string of the molecule is C[C@H](COc1c(-c2ccc(S(C)(=O)=O)cc2)cnn(-c2ccc(F)c(Cl)c2)c1=O)COC(C)(C)C. The highest BCUT2D eigenvalue weighted by Crippen LogP contribution is 2.29. The second kappa shape index (κ2) is 10.5. The molecule has 0 amide bonds. The first-order valence-corrected chi connectivity index (χ1v) is 13.2. The van der Waals surface area contributed by atoms with Crippen LogP contribution in [0.4, 0.5) is 4.39 Å². The monoisotopic (exact) mass is 522 g/mol. The maximum absolute atomic E-state index is 13.6. The maximum Gasteiger partial charge on any atom is 0.314 e. The Hall–Kier alpha value is -2.75. The lowest BCUT2D eigenvalue weighted by Crippen LogP contribution is -2.27. The van der Waals surface area contributed by atoms with E-state index in [-0.39, 0.29) is 39.5 Å². The van der Waals surface area contributed by atoms with Gasteiger partial charge < -0.3 is 9.47 Å². The van der Waals surface area contributed by atoms with E-state index in [1.165, 1.54) is 30.5 Å². The molecule has 35 heavy (non-hydrogen) atoms. The highest BCUT2D eigenvalue weighted by molar-refractivity contribution is 7.90. The first kappa shape index (κ1) is 26.8. The van der Waals surface area contributed by atoms with E-state index in [0.29, 0.717) is 17.7 Å². The molecule has 0 spiro atoms. The topological polar surface area (TPSA) is 87.5 Å². The number of rotatable bonds is 8. The van der Waals surface area contributed by atoms with Crippen molar-refractivity contribution < 1.29 is 22.3 Å². The molecular weight excluding hydrogens is 495 g/mol. The van der Waals surface area contributed by atoms with Crippen LogP contribution in [-0.4, -0.2) is 43.3 Å². The molecule has 0 aliphatic rings. The van der Waals surface area contributed by atoms with Crippen molar-refractivity contribution in [2.45, 2.75) is 38.2 Å². The predicted molar refractivity (Wildman–Crippen MR) is 134 cm³/mol. The van der Waals surface area contributed by atoms with Crippen molar-refractivity contribution >= 4 is 21.4 Å². The lowest BCUT2D eigenvalue weighted by atomic mass is 10.1. The third kappa shape index (κ3) is 6.90. The van der Waals surface area contributed by atoms with Gasteiger partial charge >= 0.3 is 5.56 Å². The molecule has 188 valence electrons.